The van der Waals surface area contributed by atoms with Crippen LogP contribution in [0.4, 0.5) is 0 Å². The van der Waals surface area contributed by atoms with Gasteiger partial charge in [0.1, 0.15) is 0 Å². The fourth-order valence-corrected chi connectivity index (χ4v) is 9.99. The minimum Gasteiger partial charge on any atom is -0.378 e. The summed E-state index contributed by atoms with van der Waals surface area (Å²) in [5, 5.41) is 0. The maximum absolute atomic E-state index is 7.13. The zero-order valence-electron chi connectivity index (χ0n) is 23.4. The molecule has 202 valence electrons. The van der Waals surface area contributed by atoms with Gasteiger partial charge in [0.2, 0.25) is 0 Å². The number of unbranched alkanes of at least 4 members (excludes halogenated alkanes) is 3. The van der Waals surface area contributed by atoms with Gasteiger partial charge >= 0.3 is 0 Å². The molecule has 0 aromatic rings. The Morgan fingerprint density at radius 1 is 0.571 bits per heavy atom. The summed E-state index contributed by atoms with van der Waals surface area (Å²) < 4.78 is 14.3. The van der Waals surface area contributed by atoms with Gasteiger partial charge in [0, 0.05) is 5.92 Å². The standard InChI is InChI=1S/C33H58O2/c1-3-5-6-7-13-24(12-4-2)27-22-34-30-20-18-25-14-8-10-16-28(25)32(30)33-29-17-11-9-15-26(29)19-21-31(33)35-23-27/h24-33H,3-23H2,1-2H3. The van der Waals surface area contributed by atoms with Crippen molar-refractivity contribution in [2.75, 3.05) is 13.2 Å². The van der Waals surface area contributed by atoms with E-state index in [2.05, 4.69) is 13.8 Å². The number of hydrogen-bond acceptors (Lipinski definition) is 2. The molecule has 2 nitrogen and oxygen atoms in total. The Kier molecular flexibility index (Phi) is 9.95. The number of hydrogen-bond donors (Lipinski definition) is 0. The molecule has 1 aliphatic heterocycles. The third kappa shape index (κ3) is 6.16. The van der Waals surface area contributed by atoms with Crippen LogP contribution in [-0.4, -0.2) is 25.4 Å². The van der Waals surface area contributed by atoms with E-state index >= 15 is 0 Å². The molecular weight excluding hydrogens is 428 g/mol. The van der Waals surface area contributed by atoms with Crippen LogP contribution in [0.25, 0.3) is 0 Å². The fraction of sp³-hybridized carbons (Fsp3) is 1.00. The molecule has 4 saturated carbocycles. The first-order valence-electron chi connectivity index (χ1n) is 16.5. The van der Waals surface area contributed by atoms with Crippen molar-refractivity contribution in [2.24, 2.45) is 47.3 Å². The highest BCUT2D eigenvalue weighted by Gasteiger charge is 2.53. The molecule has 1 heterocycles. The van der Waals surface area contributed by atoms with Crippen LogP contribution in [0.3, 0.4) is 0 Å². The number of fused-ring (bicyclic) bond motifs is 7. The van der Waals surface area contributed by atoms with Gasteiger partial charge in [0.15, 0.2) is 0 Å². The van der Waals surface area contributed by atoms with Gasteiger partial charge in [-0.1, -0.05) is 97.3 Å². The molecule has 0 N–H and O–H groups in total. The second kappa shape index (κ2) is 13.1. The van der Waals surface area contributed by atoms with Gasteiger partial charge in [0.05, 0.1) is 25.4 Å². The van der Waals surface area contributed by atoms with Crippen LogP contribution < -0.4 is 0 Å². The summed E-state index contributed by atoms with van der Waals surface area (Å²) >= 11 is 0. The fourth-order valence-electron chi connectivity index (χ4n) is 9.99. The highest BCUT2D eigenvalue weighted by molar-refractivity contribution is 5.02. The van der Waals surface area contributed by atoms with Crippen LogP contribution in [0, 0.1) is 47.3 Å². The average molecular weight is 487 g/mol. The Hall–Kier alpha value is -0.0800. The first-order valence-corrected chi connectivity index (χ1v) is 16.5. The summed E-state index contributed by atoms with van der Waals surface area (Å²) in [6, 6.07) is 0. The van der Waals surface area contributed by atoms with Crippen LogP contribution in [-0.2, 0) is 9.47 Å². The summed E-state index contributed by atoms with van der Waals surface area (Å²) in [6.07, 6.45) is 28.1. The van der Waals surface area contributed by atoms with Gasteiger partial charge in [-0.15, -0.1) is 0 Å². The van der Waals surface area contributed by atoms with Crippen molar-refractivity contribution in [3.63, 3.8) is 0 Å². The SMILES string of the molecule is CCCCCCC(CCC)C1COC2CCC3CCCCC3C2C2C(CCC3CCCCC32)OC1. The van der Waals surface area contributed by atoms with E-state index in [-0.39, 0.29) is 0 Å². The lowest BCUT2D eigenvalue weighted by Crippen LogP contribution is -2.53. The molecule has 2 heteroatoms. The Balaban J connectivity index is 1.37. The third-order valence-corrected chi connectivity index (χ3v) is 11.7. The molecule has 35 heavy (non-hydrogen) atoms. The van der Waals surface area contributed by atoms with Gasteiger partial charge in [-0.3, -0.25) is 0 Å². The molecule has 5 rings (SSSR count). The summed E-state index contributed by atoms with van der Waals surface area (Å²) in [4.78, 5) is 0. The molecule has 5 fully saturated rings. The molecule has 1 saturated heterocycles. The van der Waals surface area contributed by atoms with E-state index in [9.17, 15) is 0 Å². The topological polar surface area (TPSA) is 18.5 Å². The van der Waals surface area contributed by atoms with Crippen molar-refractivity contribution in [3.8, 4) is 0 Å². The quantitative estimate of drug-likeness (QED) is 0.318. The van der Waals surface area contributed by atoms with E-state index in [1.165, 1.54) is 122 Å². The molecule has 0 radical (unpaired) electrons. The van der Waals surface area contributed by atoms with Crippen molar-refractivity contribution in [2.45, 2.75) is 148 Å². The molecular formula is C33H58O2. The molecule has 5 aliphatic rings. The normalized spacial score (nSPS) is 42.9. The summed E-state index contributed by atoms with van der Waals surface area (Å²) in [5.74, 6) is 6.82. The van der Waals surface area contributed by atoms with Gasteiger partial charge < -0.3 is 9.47 Å². The predicted molar refractivity (Wildman–Crippen MR) is 146 cm³/mol. The van der Waals surface area contributed by atoms with E-state index in [0.717, 1.165) is 54.6 Å². The lowest BCUT2D eigenvalue weighted by atomic mass is 9.53. The van der Waals surface area contributed by atoms with Crippen molar-refractivity contribution in [1.29, 1.82) is 0 Å². The van der Waals surface area contributed by atoms with E-state index in [1.54, 1.807) is 0 Å². The lowest BCUT2D eigenvalue weighted by molar-refractivity contribution is -0.140. The van der Waals surface area contributed by atoms with Crippen LogP contribution in [0.15, 0.2) is 0 Å². The van der Waals surface area contributed by atoms with Crippen molar-refractivity contribution >= 4 is 0 Å². The molecule has 0 spiro atoms. The summed E-state index contributed by atoms with van der Waals surface area (Å²) in [5.41, 5.74) is 0. The van der Waals surface area contributed by atoms with Gasteiger partial charge in [-0.2, -0.15) is 0 Å². The molecule has 0 amide bonds. The smallest absolute Gasteiger partial charge is 0.0610 e. The predicted octanol–water partition coefficient (Wildman–Crippen LogP) is 9.21. The molecule has 9 unspecified atom stereocenters. The van der Waals surface area contributed by atoms with Crippen LogP contribution in [0.2, 0.25) is 0 Å². The summed E-state index contributed by atoms with van der Waals surface area (Å²) in [6.45, 7) is 6.67. The second-order valence-corrected chi connectivity index (χ2v) is 13.6. The number of ether oxygens (including phenoxy) is 2. The monoisotopic (exact) mass is 486 g/mol. The van der Waals surface area contributed by atoms with Crippen molar-refractivity contribution in [3.05, 3.63) is 0 Å². The first-order chi connectivity index (χ1) is 17.3. The van der Waals surface area contributed by atoms with Crippen molar-refractivity contribution < 1.29 is 9.47 Å². The zero-order valence-corrected chi connectivity index (χ0v) is 23.4. The van der Waals surface area contributed by atoms with E-state index < -0.39 is 0 Å². The van der Waals surface area contributed by atoms with Crippen LogP contribution in [0.1, 0.15) is 136 Å². The van der Waals surface area contributed by atoms with E-state index in [4.69, 9.17) is 9.47 Å². The Morgan fingerprint density at radius 2 is 1.14 bits per heavy atom. The maximum Gasteiger partial charge on any atom is 0.0610 e. The largest absolute Gasteiger partial charge is 0.378 e. The van der Waals surface area contributed by atoms with Gasteiger partial charge in [-0.05, 0) is 80.0 Å². The Bertz CT molecular complexity index is 576. The van der Waals surface area contributed by atoms with Gasteiger partial charge in [0.25, 0.3) is 0 Å². The minimum atomic E-state index is 0.522. The van der Waals surface area contributed by atoms with Gasteiger partial charge in [-0.25, -0.2) is 0 Å². The molecule has 4 aliphatic carbocycles. The molecule has 0 bridgehead atoms. The lowest BCUT2D eigenvalue weighted by Gasteiger charge is -2.55. The molecule has 9 atom stereocenters. The molecule has 0 aromatic heterocycles. The Labute approximate surface area is 218 Å². The van der Waals surface area contributed by atoms with E-state index in [1.807, 2.05) is 0 Å². The highest BCUT2D eigenvalue weighted by atomic mass is 16.5. The number of rotatable bonds is 8. The minimum absolute atomic E-state index is 0.522. The first kappa shape index (κ1) is 26.5. The molecule has 0 aromatic carbocycles. The second-order valence-electron chi connectivity index (χ2n) is 13.6. The van der Waals surface area contributed by atoms with Crippen LogP contribution in [0.5, 0.6) is 0 Å². The Morgan fingerprint density at radius 3 is 1.69 bits per heavy atom. The van der Waals surface area contributed by atoms with Crippen LogP contribution >= 0.6 is 0 Å². The maximum atomic E-state index is 7.13. The average Bonchev–Trinajstić information content (AvgIpc) is 2.98. The zero-order chi connectivity index (χ0) is 24.0. The third-order valence-electron chi connectivity index (χ3n) is 11.7. The highest BCUT2D eigenvalue weighted by Crippen LogP contribution is 2.56. The summed E-state index contributed by atoms with van der Waals surface area (Å²) in [7, 11) is 0. The van der Waals surface area contributed by atoms with Crippen molar-refractivity contribution in [1.82, 2.24) is 0 Å². The van der Waals surface area contributed by atoms with E-state index in [0.29, 0.717) is 18.1 Å².